The van der Waals surface area contributed by atoms with Gasteiger partial charge in [0.15, 0.2) is 0 Å². The second kappa shape index (κ2) is 10.9. The third kappa shape index (κ3) is 5.82. The number of hydrogen-bond donors (Lipinski definition) is 4. The molecule has 9 heteroatoms. The van der Waals surface area contributed by atoms with E-state index in [4.69, 9.17) is 0 Å². The highest BCUT2D eigenvalue weighted by Crippen LogP contribution is 2.29. The molecule has 0 spiro atoms. The van der Waals surface area contributed by atoms with Crippen LogP contribution in [0.3, 0.4) is 0 Å². The number of urea groups is 1. The molecule has 0 radical (unpaired) electrons. The molecule has 2 aliphatic rings. The Morgan fingerprint density at radius 2 is 1.86 bits per heavy atom. The number of nitrogens with zero attached hydrogens (tertiary/aromatic N) is 3. The van der Waals surface area contributed by atoms with E-state index in [1.165, 1.54) is 5.56 Å². The van der Waals surface area contributed by atoms with Crippen LogP contribution in [0.25, 0.3) is 0 Å². The van der Waals surface area contributed by atoms with Crippen LogP contribution in [0.1, 0.15) is 36.5 Å². The molecular formula is C28H33N7O2. The van der Waals surface area contributed by atoms with Crippen LogP contribution in [0.5, 0.6) is 0 Å². The smallest absolute Gasteiger partial charge is 0.317 e. The van der Waals surface area contributed by atoms with Crippen molar-refractivity contribution in [1.29, 1.82) is 0 Å². The molecule has 192 valence electrons. The average Bonchev–Trinajstić information content (AvgIpc) is 2.91. The van der Waals surface area contributed by atoms with Gasteiger partial charge in [0.25, 0.3) is 0 Å². The molecule has 0 atom stereocenters. The van der Waals surface area contributed by atoms with Crippen LogP contribution in [0.2, 0.25) is 0 Å². The summed E-state index contributed by atoms with van der Waals surface area (Å²) in [6.45, 7) is 5.65. The summed E-state index contributed by atoms with van der Waals surface area (Å²) in [7, 11) is 0. The van der Waals surface area contributed by atoms with Gasteiger partial charge in [0.2, 0.25) is 11.9 Å². The molecule has 1 fully saturated rings. The maximum atomic E-state index is 13.2. The summed E-state index contributed by atoms with van der Waals surface area (Å²) in [5.74, 6) is 1.16. The number of aromatic nitrogens is 2. The lowest BCUT2D eigenvalue weighted by Crippen LogP contribution is -2.46. The number of anilines is 5. The van der Waals surface area contributed by atoms with Gasteiger partial charge in [-0.1, -0.05) is 12.1 Å². The summed E-state index contributed by atoms with van der Waals surface area (Å²) in [5, 5.41) is 12.7. The molecule has 9 nitrogen and oxygen atoms in total. The van der Waals surface area contributed by atoms with Gasteiger partial charge in [-0.05, 0) is 81.0 Å². The first-order valence-corrected chi connectivity index (χ1v) is 12.9. The van der Waals surface area contributed by atoms with E-state index in [1.54, 1.807) is 11.1 Å². The molecule has 37 heavy (non-hydrogen) atoms. The predicted molar refractivity (Wildman–Crippen MR) is 146 cm³/mol. The molecule has 2 aromatic carbocycles. The fourth-order valence-electron chi connectivity index (χ4n) is 4.82. The lowest BCUT2D eigenvalue weighted by Gasteiger charge is -2.31. The average molecular weight is 500 g/mol. The Balaban J connectivity index is 1.36. The highest BCUT2D eigenvalue weighted by Gasteiger charge is 2.27. The predicted octanol–water partition coefficient (Wildman–Crippen LogP) is 4.75. The second-order valence-corrected chi connectivity index (χ2v) is 9.63. The van der Waals surface area contributed by atoms with Gasteiger partial charge in [0, 0.05) is 54.4 Å². The Hall–Kier alpha value is -4.14. The highest BCUT2D eigenvalue weighted by molar-refractivity contribution is 5.94. The molecule has 5 rings (SSSR count). The number of carbonyl (C=O) groups is 2. The van der Waals surface area contributed by atoms with Gasteiger partial charge >= 0.3 is 6.03 Å². The number of benzene rings is 2. The van der Waals surface area contributed by atoms with Crippen molar-refractivity contribution in [3.8, 4) is 0 Å². The zero-order chi connectivity index (χ0) is 25.8. The molecule has 6 bridgehead atoms. The van der Waals surface area contributed by atoms with Crippen molar-refractivity contribution in [3.05, 3.63) is 65.4 Å². The van der Waals surface area contributed by atoms with Crippen molar-refractivity contribution < 1.29 is 9.59 Å². The van der Waals surface area contributed by atoms with Crippen LogP contribution >= 0.6 is 0 Å². The number of carbonyl (C=O) groups excluding carboxylic acids is 2. The molecule has 1 aromatic heterocycles. The van der Waals surface area contributed by atoms with E-state index >= 15 is 0 Å². The number of likely N-dealkylation sites (tertiary alicyclic amines) is 1. The van der Waals surface area contributed by atoms with Gasteiger partial charge in [0.1, 0.15) is 5.82 Å². The highest BCUT2D eigenvalue weighted by atomic mass is 16.2. The van der Waals surface area contributed by atoms with E-state index in [9.17, 15) is 9.59 Å². The van der Waals surface area contributed by atoms with Crippen LogP contribution in [0, 0.1) is 12.8 Å². The Morgan fingerprint density at radius 3 is 2.68 bits per heavy atom. The van der Waals surface area contributed by atoms with Gasteiger partial charge in [0.05, 0.1) is 0 Å². The summed E-state index contributed by atoms with van der Waals surface area (Å²) in [6.07, 6.45) is 4.71. The first kappa shape index (κ1) is 24.5. The van der Waals surface area contributed by atoms with Crippen molar-refractivity contribution in [2.75, 3.05) is 35.6 Å². The minimum absolute atomic E-state index is 0.0120. The maximum absolute atomic E-state index is 13.2. The van der Waals surface area contributed by atoms with Crippen molar-refractivity contribution >= 4 is 40.8 Å². The van der Waals surface area contributed by atoms with E-state index in [0.717, 1.165) is 46.8 Å². The van der Waals surface area contributed by atoms with E-state index in [1.807, 2.05) is 38.1 Å². The molecule has 0 unspecified atom stereocenters. The van der Waals surface area contributed by atoms with Gasteiger partial charge in [-0.15, -0.1) is 0 Å². The van der Waals surface area contributed by atoms with Gasteiger partial charge in [-0.2, -0.15) is 4.98 Å². The molecule has 3 aromatic rings. The third-order valence-corrected chi connectivity index (χ3v) is 6.94. The summed E-state index contributed by atoms with van der Waals surface area (Å²) >= 11 is 0. The lowest BCUT2D eigenvalue weighted by atomic mass is 9.95. The van der Waals surface area contributed by atoms with E-state index in [2.05, 4.69) is 49.4 Å². The molecule has 2 aliphatic heterocycles. The molecule has 3 amide bonds. The number of hydrogen-bond acceptors (Lipinski definition) is 6. The maximum Gasteiger partial charge on any atom is 0.317 e. The Kier molecular flexibility index (Phi) is 7.20. The Labute approximate surface area is 217 Å². The number of nitrogens with one attached hydrogen (secondary N) is 4. The number of rotatable bonds is 3. The standard InChI is InChI=1S/C28H33N7O2/c1-3-29-28(37)35-13-11-20(12-14-35)26(36)33-24-10-9-23-16-21(24)8-7-19-5-4-6-22(15-19)32-27-30-17-18(2)25(31-23)34-27/h4-6,9-10,15-17,20H,3,7-8,11-14H2,1-2H3,(H,29,37)(H,33,36)(H2,30,31,32,34). The summed E-state index contributed by atoms with van der Waals surface area (Å²) in [4.78, 5) is 36.2. The summed E-state index contributed by atoms with van der Waals surface area (Å²) in [5.41, 5.74) is 5.85. The normalized spacial score (nSPS) is 15.2. The van der Waals surface area contributed by atoms with Crippen LogP contribution in [-0.4, -0.2) is 46.4 Å². The Bertz CT molecular complexity index is 1300. The number of fused-ring (bicyclic) bond motifs is 6. The van der Waals surface area contributed by atoms with Crippen LogP contribution in [0.15, 0.2) is 48.7 Å². The molecule has 1 saturated heterocycles. The van der Waals surface area contributed by atoms with Gasteiger partial charge < -0.3 is 26.2 Å². The van der Waals surface area contributed by atoms with E-state index in [-0.39, 0.29) is 17.9 Å². The number of aryl methyl sites for hydroxylation is 3. The fraction of sp³-hybridized carbons (Fsp3) is 0.357. The molecule has 3 heterocycles. The Morgan fingerprint density at radius 1 is 1.05 bits per heavy atom. The van der Waals surface area contributed by atoms with Gasteiger partial charge in [-0.25, -0.2) is 9.78 Å². The largest absolute Gasteiger partial charge is 0.340 e. The molecule has 4 N–H and O–H groups in total. The monoisotopic (exact) mass is 499 g/mol. The van der Waals surface area contributed by atoms with Crippen LogP contribution in [0.4, 0.5) is 33.6 Å². The van der Waals surface area contributed by atoms with Crippen molar-refractivity contribution in [1.82, 2.24) is 20.2 Å². The minimum Gasteiger partial charge on any atom is -0.340 e. The van der Waals surface area contributed by atoms with E-state index < -0.39 is 0 Å². The zero-order valence-electron chi connectivity index (χ0n) is 21.3. The SMILES string of the molecule is CCNC(=O)N1CCC(C(=O)Nc2ccc3cc2CCc2cccc(c2)Nc2ncc(C)c(n2)N3)CC1. The topological polar surface area (TPSA) is 111 Å². The molecule has 0 aliphatic carbocycles. The van der Waals surface area contributed by atoms with E-state index in [0.29, 0.717) is 38.4 Å². The fourth-order valence-corrected chi connectivity index (χ4v) is 4.82. The first-order chi connectivity index (χ1) is 18.0. The third-order valence-electron chi connectivity index (χ3n) is 6.94. The number of piperidine rings is 1. The minimum atomic E-state index is -0.115. The summed E-state index contributed by atoms with van der Waals surface area (Å²) < 4.78 is 0. The van der Waals surface area contributed by atoms with Crippen molar-refractivity contribution in [2.45, 2.75) is 39.5 Å². The zero-order valence-corrected chi connectivity index (χ0v) is 21.3. The van der Waals surface area contributed by atoms with Crippen LogP contribution < -0.4 is 21.3 Å². The van der Waals surface area contributed by atoms with Gasteiger partial charge in [-0.3, -0.25) is 4.79 Å². The quantitative estimate of drug-likeness (QED) is 0.414. The van der Waals surface area contributed by atoms with Crippen LogP contribution in [-0.2, 0) is 17.6 Å². The summed E-state index contributed by atoms with van der Waals surface area (Å²) in [6, 6.07) is 14.2. The molecular weight excluding hydrogens is 466 g/mol. The molecule has 0 saturated carbocycles. The van der Waals surface area contributed by atoms with Crippen molar-refractivity contribution in [3.63, 3.8) is 0 Å². The van der Waals surface area contributed by atoms with Crippen molar-refractivity contribution in [2.24, 2.45) is 5.92 Å². The number of amides is 3. The lowest BCUT2D eigenvalue weighted by molar-refractivity contribution is -0.121. The first-order valence-electron chi connectivity index (χ1n) is 12.9. The second-order valence-electron chi connectivity index (χ2n) is 9.63.